The number of carbonyl (C=O) groups is 3. The number of aliphatic hydroxyl groups excluding tert-OH is 3. The predicted molar refractivity (Wildman–Crippen MR) is 175 cm³/mol. The van der Waals surface area contributed by atoms with E-state index in [1.807, 2.05) is 24.3 Å². The zero-order valence-electron chi connectivity index (χ0n) is 27.5. The summed E-state index contributed by atoms with van der Waals surface area (Å²) in [4.78, 5) is 40.6. The number of nitrogens with zero attached hydrogens (tertiary/aromatic N) is 1. The van der Waals surface area contributed by atoms with Crippen LogP contribution in [0.3, 0.4) is 0 Å². The highest BCUT2D eigenvalue weighted by atomic mass is 16.3. The molecule has 4 aliphatic carbocycles. The number of hydrogen-bond donors (Lipinski definition) is 4. The van der Waals surface area contributed by atoms with Crippen molar-refractivity contribution in [2.24, 2.45) is 46.3 Å². The van der Waals surface area contributed by atoms with Gasteiger partial charge in [0.25, 0.3) is 11.8 Å². The normalized spacial score (nSPS) is 39.0. The third kappa shape index (κ3) is 4.84. The Hall–Kier alpha value is -2.81. The van der Waals surface area contributed by atoms with Crippen LogP contribution in [0.5, 0.6) is 0 Å². The van der Waals surface area contributed by atoms with E-state index >= 15 is 0 Å². The highest BCUT2D eigenvalue weighted by molar-refractivity contribution is 6.25. The van der Waals surface area contributed by atoms with E-state index in [1.54, 1.807) is 12.1 Å². The summed E-state index contributed by atoms with van der Waals surface area (Å²) in [6.07, 6.45) is 5.85. The summed E-state index contributed by atoms with van der Waals surface area (Å²) >= 11 is 0. The minimum atomic E-state index is -0.451. The molecule has 2 aromatic rings. The lowest BCUT2D eigenvalue weighted by atomic mass is 9.43. The number of rotatable bonds is 7. The predicted octanol–water partition coefficient (Wildman–Crippen LogP) is 4.93. The van der Waals surface area contributed by atoms with Crippen molar-refractivity contribution < 1.29 is 29.7 Å². The zero-order valence-corrected chi connectivity index (χ0v) is 27.5. The molecule has 4 N–H and O–H groups in total. The van der Waals surface area contributed by atoms with Gasteiger partial charge in [0.05, 0.1) is 18.3 Å². The third-order valence-electron chi connectivity index (χ3n) is 13.9. The first-order chi connectivity index (χ1) is 21.9. The summed E-state index contributed by atoms with van der Waals surface area (Å²) in [5.74, 6) is 0.711. The molecule has 11 atom stereocenters. The van der Waals surface area contributed by atoms with Crippen molar-refractivity contribution in [2.75, 3.05) is 13.1 Å². The van der Waals surface area contributed by atoms with Gasteiger partial charge in [-0.05, 0) is 115 Å². The van der Waals surface area contributed by atoms with Gasteiger partial charge in [-0.3, -0.25) is 19.3 Å². The Morgan fingerprint density at radius 3 is 2.35 bits per heavy atom. The van der Waals surface area contributed by atoms with Crippen molar-refractivity contribution in [3.63, 3.8) is 0 Å². The van der Waals surface area contributed by atoms with Gasteiger partial charge in [0.15, 0.2) is 0 Å². The van der Waals surface area contributed by atoms with Gasteiger partial charge >= 0.3 is 0 Å². The van der Waals surface area contributed by atoms with Crippen LogP contribution in [0, 0.1) is 46.3 Å². The fraction of sp³-hybridized carbons (Fsp3) is 0.658. The molecule has 3 amide bonds. The molecule has 4 saturated carbocycles. The summed E-state index contributed by atoms with van der Waals surface area (Å²) in [5.41, 5.74) is 0.774. The van der Waals surface area contributed by atoms with E-state index in [0.717, 1.165) is 43.9 Å². The summed E-state index contributed by atoms with van der Waals surface area (Å²) in [6.45, 7) is 7.10. The Balaban J connectivity index is 0.954. The minimum absolute atomic E-state index is 0.0490. The van der Waals surface area contributed by atoms with Gasteiger partial charge in [-0.1, -0.05) is 45.0 Å². The molecule has 4 fully saturated rings. The largest absolute Gasteiger partial charge is 0.393 e. The van der Waals surface area contributed by atoms with Crippen LogP contribution >= 0.6 is 0 Å². The van der Waals surface area contributed by atoms with Crippen LogP contribution in [0.4, 0.5) is 0 Å². The fourth-order valence-electron chi connectivity index (χ4n) is 11.4. The number of imide groups is 1. The molecule has 0 aromatic heterocycles. The number of hydrogen-bond acceptors (Lipinski definition) is 6. The summed E-state index contributed by atoms with van der Waals surface area (Å²) in [6, 6.07) is 10.9. The van der Waals surface area contributed by atoms with Crippen molar-refractivity contribution in [3.05, 3.63) is 47.5 Å². The first kappa shape index (κ1) is 31.8. The van der Waals surface area contributed by atoms with Crippen LogP contribution in [-0.2, 0) is 4.79 Å². The maximum Gasteiger partial charge on any atom is 0.261 e. The second-order valence-electron chi connectivity index (χ2n) is 15.9. The van der Waals surface area contributed by atoms with E-state index in [4.69, 9.17) is 0 Å². The SMILES string of the molecule is CC(CCC(=O)NCCN1C(=O)c2cccc3cccc(c23)C1=O)C1CCC2C3C(O)CC4CC(O)CCC4(C)C3CC(O)C12C. The second-order valence-corrected chi connectivity index (χ2v) is 15.9. The van der Waals surface area contributed by atoms with Crippen molar-refractivity contribution in [3.8, 4) is 0 Å². The van der Waals surface area contributed by atoms with Crippen molar-refractivity contribution in [1.29, 1.82) is 0 Å². The smallest absolute Gasteiger partial charge is 0.261 e. The highest BCUT2D eigenvalue weighted by Crippen LogP contribution is 2.68. The van der Waals surface area contributed by atoms with Crippen LogP contribution in [-0.4, -0.2) is 69.3 Å². The first-order valence-corrected chi connectivity index (χ1v) is 17.6. The molecule has 1 aliphatic heterocycles. The Morgan fingerprint density at radius 2 is 1.65 bits per heavy atom. The molecule has 11 unspecified atom stereocenters. The quantitative estimate of drug-likeness (QED) is 0.322. The lowest BCUT2D eigenvalue weighted by Crippen LogP contribution is -2.62. The molecule has 1 heterocycles. The number of nitrogens with one attached hydrogen (secondary N) is 1. The van der Waals surface area contributed by atoms with Gasteiger partial charge in [-0.15, -0.1) is 0 Å². The van der Waals surface area contributed by atoms with Crippen molar-refractivity contribution in [1.82, 2.24) is 10.2 Å². The molecule has 7 rings (SSSR count). The number of amides is 3. The highest BCUT2D eigenvalue weighted by Gasteiger charge is 2.65. The van der Waals surface area contributed by atoms with Crippen LogP contribution < -0.4 is 5.32 Å². The summed E-state index contributed by atoms with van der Waals surface area (Å²) < 4.78 is 0. The van der Waals surface area contributed by atoms with Crippen LogP contribution in [0.1, 0.15) is 99.3 Å². The minimum Gasteiger partial charge on any atom is -0.393 e. The zero-order chi connectivity index (χ0) is 32.5. The van der Waals surface area contributed by atoms with Gasteiger partial charge in [-0.25, -0.2) is 0 Å². The standard InChI is InChI=1S/C38H50N2O6/c1-21(10-13-32(44)39-16-17-40-35(45)25-8-4-6-22-7-5-9-26(33(22)25)36(40)46)27-11-12-28-34-29(20-31(43)38(27,28)3)37(2)15-14-24(41)18-23(37)19-30(34)42/h4-9,21,23-24,27-31,34,41-43H,10-20H2,1-3H3,(H,39,44). The number of carbonyl (C=O) groups excluding carboxylic acids is 3. The van der Waals surface area contributed by atoms with Gasteiger partial charge in [0.1, 0.15) is 0 Å². The Kier molecular flexibility index (Phi) is 8.09. The van der Waals surface area contributed by atoms with Crippen LogP contribution in [0.15, 0.2) is 36.4 Å². The van der Waals surface area contributed by atoms with E-state index in [0.29, 0.717) is 41.7 Å². The number of aliphatic hydroxyl groups is 3. The van der Waals surface area contributed by atoms with E-state index in [9.17, 15) is 29.7 Å². The van der Waals surface area contributed by atoms with E-state index in [-0.39, 0.29) is 77.3 Å². The Morgan fingerprint density at radius 1 is 0.957 bits per heavy atom. The second kappa shape index (κ2) is 11.7. The van der Waals surface area contributed by atoms with Gasteiger partial charge < -0.3 is 20.6 Å². The average molecular weight is 631 g/mol. The van der Waals surface area contributed by atoms with E-state index < -0.39 is 12.2 Å². The maximum absolute atomic E-state index is 13.2. The van der Waals surface area contributed by atoms with E-state index in [1.165, 1.54) is 4.90 Å². The molecule has 46 heavy (non-hydrogen) atoms. The average Bonchev–Trinajstić information content (AvgIpc) is 3.40. The summed E-state index contributed by atoms with van der Waals surface area (Å²) in [7, 11) is 0. The van der Waals surface area contributed by atoms with E-state index in [2.05, 4.69) is 26.1 Å². The molecule has 248 valence electrons. The molecule has 0 saturated heterocycles. The van der Waals surface area contributed by atoms with Gasteiger partial charge in [0, 0.05) is 36.0 Å². The molecular weight excluding hydrogens is 580 g/mol. The lowest BCUT2D eigenvalue weighted by molar-refractivity contribution is -0.207. The third-order valence-corrected chi connectivity index (χ3v) is 13.9. The van der Waals surface area contributed by atoms with Crippen molar-refractivity contribution >= 4 is 28.5 Å². The molecule has 0 radical (unpaired) electrons. The lowest BCUT2D eigenvalue weighted by Gasteiger charge is -2.63. The van der Waals surface area contributed by atoms with Crippen LogP contribution in [0.2, 0.25) is 0 Å². The van der Waals surface area contributed by atoms with Crippen LogP contribution in [0.25, 0.3) is 10.8 Å². The molecule has 0 spiro atoms. The fourth-order valence-corrected chi connectivity index (χ4v) is 11.4. The molecule has 0 bridgehead atoms. The van der Waals surface area contributed by atoms with Crippen molar-refractivity contribution in [2.45, 2.75) is 96.9 Å². The molecule has 5 aliphatic rings. The van der Waals surface area contributed by atoms with Gasteiger partial charge in [-0.2, -0.15) is 0 Å². The molecule has 2 aromatic carbocycles. The monoisotopic (exact) mass is 630 g/mol. The molecular formula is C38H50N2O6. The molecule has 8 nitrogen and oxygen atoms in total. The number of benzene rings is 2. The number of fused-ring (bicyclic) bond motifs is 5. The maximum atomic E-state index is 13.2. The first-order valence-electron chi connectivity index (χ1n) is 17.6. The Bertz CT molecular complexity index is 1490. The van der Waals surface area contributed by atoms with Gasteiger partial charge in [0.2, 0.25) is 5.91 Å². The Labute approximate surface area is 271 Å². The topological polar surface area (TPSA) is 127 Å². The summed E-state index contributed by atoms with van der Waals surface area (Å²) in [5, 5.41) is 38.2. The molecule has 8 heteroatoms.